The van der Waals surface area contributed by atoms with Crippen LogP contribution in [-0.2, 0) is 0 Å². The lowest BCUT2D eigenvalue weighted by Gasteiger charge is -2.06. The van der Waals surface area contributed by atoms with Crippen molar-refractivity contribution in [3.05, 3.63) is 24.1 Å². The van der Waals surface area contributed by atoms with Gasteiger partial charge in [0.15, 0.2) is 0 Å². The molecular weight excluding hydrogens is 155 g/mol. The molecule has 0 aromatic carbocycles. The van der Waals surface area contributed by atoms with Crippen molar-refractivity contribution < 1.29 is 4.39 Å². The Morgan fingerprint density at radius 2 is 2.42 bits per heavy atom. The van der Waals surface area contributed by atoms with Crippen molar-refractivity contribution in [1.82, 2.24) is 4.98 Å². The van der Waals surface area contributed by atoms with Crippen LogP contribution in [-0.4, -0.2) is 11.0 Å². The van der Waals surface area contributed by atoms with E-state index < -0.39 is 5.95 Å². The Bertz CT molecular complexity index is 304. The molecule has 62 valence electrons. The zero-order valence-electron chi connectivity index (χ0n) is 6.71. The predicted molar refractivity (Wildman–Crippen MR) is 46.1 cm³/mol. The van der Waals surface area contributed by atoms with Gasteiger partial charge in [-0.2, -0.15) is 4.39 Å². The van der Waals surface area contributed by atoms with E-state index in [2.05, 4.69) is 16.2 Å². The Morgan fingerprint density at radius 1 is 1.67 bits per heavy atom. The van der Waals surface area contributed by atoms with Crippen molar-refractivity contribution in [3.8, 4) is 12.3 Å². The highest BCUT2D eigenvalue weighted by Gasteiger charge is 1.98. The van der Waals surface area contributed by atoms with Crippen LogP contribution in [0.15, 0.2) is 18.2 Å². The van der Waals surface area contributed by atoms with Crippen LogP contribution in [0.2, 0.25) is 0 Å². The zero-order chi connectivity index (χ0) is 8.97. The maximum absolute atomic E-state index is 12.5. The fourth-order valence-electron chi connectivity index (χ4n) is 0.752. The number of aromatic nitrogens is 1. The molecule has 0 aliphatic rings. The minimum Gasteiger partial charge on any atom is -0.357 e. The van der Waals surface area contributed by atoms with Gasteiger partial charge in [0.1, 0.15) is 5.82 Å². The van der Waals surface area contributed by atoms with E-state index in [0.717, 1.165) is 0 Å². The minimum atomic E-state index is -0.510. The quantitative estimate of drug-likeness (QED) is 0.531. The Hall–Kier alpha value is -1.56. The number of nitrogens with zero attached hydrogens (tertiary/aromatic N) is 1. The topological polar surface area (TPSA) is 24.9 Å². The van der Waals surface area contributed by atoms with Gasteiger partial charge in [-0.3, -0.25) is 0 Å². The van der Waals surface area contributed by atoms with Gasteiger partial charge in [0.25, 0.3) is 0 Å². The van der Waals surface area contributed by atoms with Gasteiger partial charge < -0.3 is 5.32 Å². The van der Waals surface area contributed by atoms with Gasteiger partial charge >= 0.3 is 0 Å². The Labute approximate surface area is 70.8 Å². The number of halogens is 1. The van der Waals surface area contributed by atoms with Gasteiger partial charge in [-0.1, -0.05) is 12.0 Å². The van der Waals surface area contributed by atoms with Crippen molar-refractivity contribution in [2.75, 3.05) is 5.32 Å². The largest absolute Gasteiger partial charge is 0.357 e. The average molecular weight is 164 g/mol. The summed E-state index contributed by atoms with van der Waals surface area (Å²) in [6.45, 7) is 1.80. The lowest BCUT2D eigenvalue weighted by Crippen LogP contribution is -2.13. The molecule has 0 saturated heterocycles. The molecule has 0 radical (unpaired) electrons. The second-order valence-electron chi connectivity index (χ2n) is 2.38. The summed E-state index contributed by atoms with van der Waals surface area (Å²) in [4.78, 5) is 3.59. The number of anilines is 1. The monoisotopic (exact) mass is 164 g/mol. The molecule has 0 aliphatic carbocycles. The SMILES string of the molecule is C#CC(C)Nc1cccc(F)n1. The summed E-state index contributed by atoms with van der Waals surface area (Å²) in [5.74, 6) is 2.41. The van der Waals surface area contributed by atoms with E-state index in [1.54, 1.807) is 19.1 Å². The van der Waals surface area contributed by atoms with Crippen molar-refractivity contribution in [1.29, 1.82) is 0 Å². The van der Waals surface area contributed by atoms with Gasteiger partial charge in [-0.15, -0.1) is 6.42 Å². The first-order valence-electron chi connectivity index (χ1n) is 3.57. The van der Waals surface area contributed by atoms with Crippen molar-refractivity contribution >= 4 is 5.82 Å². The first-order chi connectivity index (χ1) is 5.72. The summed E-state index contributed by atoms with van der Waals surface area (Å²) >= 11 is 0. The summed E-state index contributed by atoms with van der Waals surface area (Å²) in [6, 6.07) is 4.38. The molecule has 0 bridgehead atoms. The summed E-state index contributed by atoms with van der Waals surface area (Å²) in [6.07, 6.45) is 5.12. The molecule has 1 N–H and O–H groups in total. The summed E-state index contributed by atoms with van der Waals surface area (Å²) in [7, 11) is 0. The average Bonchev–Trinajstić information content (AvgIpc) is 2.04. The number of nitrogens with one attached hydrogen (secondary N) is 1. The predicted octanol–water partition coefficient (Wildman–Crippen LogP) is 1.65. The van der Waals surface area contributed by atoms with E-state index >= 15 is 0 Å². The molecule has 1 rings (SSSR count). The lowest BCUT2D eigenvalue weighted by atomic mass is 10.3. The molecule has 1 unspecified atom stereocenters. The Kier molecular flexibility index (Phi) is 2.65. The van der Waals surface area contributed by atoms with Crippen molar-refractivity contribution in [2.24, 2.45) is 0 Å². The van der Waals surface area contributed by atoms with Crippen LogP contribution in [0.5, 0.6) is 0 Å². The third-order valence-electron chi connectivity index (χ3n) is 1.33. The first-order valence-corrected chi connectivity index (χ1v) is 3.57. The smallest absolute Gasteiger partial charge is 0.214 e. The van der Waals surface area contributed by atoms with E-state index in [-0.39, 0.29) is 6.04 Å². The van der Waals surface area contributed by atoms with Gasteiger partial charge in [0.05, 0.1) is 6.04 Å². The molecule has 0 fully saturated rings. The molecule has 3 heteroatoms. The molecule has 12 heavy (non-hydrogen) atoms. The van der Waals surface area contributed by atoms with E-state index in [0.29, 0.717) is 5.82 Å². The molecule has 1 aromatic heterocycles. The highest BCUT2D eigenvalue weighted by atomic mass is 19.1. The van der Waals surface area contributed by atoms with E-state index in [4.69, 9.17) is 6.42 Å². The fraction of sp³-hybridized carbons (Fsp3) is 0.222. The first kappa shape index (κ1) is 8.54. The van der Waals surface area contributed by atoms with Gasteiger partial charge in [-0.05, 0) is 19.1 Å². The standard InChI is InChI=1S/C9H9FN2/c1-3-7(2)11-9-6-4-5-8(10)12-9/h1,4-7H,2H3,(H,11,12). The normalized spacial score (nSPS) is 11.8. The number of terminal acetylenes is 1. The lowest BCUT2D eigenvalue weighted by molar-refractivity contribution is 0.585. The van der Waals surface area contributed by atoms with Crippen LogP contribution in [0.1, 0.15) is 6.92 Å². The molecule has 1 aromatic rings. The molecule has 0 saturated carbocycles. The third-order valence-corrected chi connectivity index (χ3v) is 1.33. The number of pyridine rings is 1. The van der Waals surface area contributed by atoms with Gasteiger partial charge in [0, 0.05) is 0 Å². The van der Waals surface area contributed by atoms with Crippen LogP contribution in [0, 0.1) is 18.3 Å². The van der Waals surface area contributed by atoms with Gasteiger partial charge in [-0.25, -0.2) is 4.98 Å². The number of rotatable bonds is 2. The van der Waals surface area contributed by atoms with Crippen LogP contribution in [0.3, 0.4) is 0 Å². The summed E-state index contributed by atoms with van der Waals surface area (Å²) in [5, 5.41) is 2.85. The Morgan fingerprint density at radius 3 is 3.00 bits per heavy atom. The molecule has 1 atom stereocenters. The van der Waals surface area contributed by atoms with Crippen molar-refractivity contribution in [2.45, 2.75) is 13.0 Å². The molecular formula is C9H9FN2. The zero-order valence-corrected chi connectivity index (χ0v) is 6.71. The summed E-state index contributed by atoms with van der Waals surface area (Å²) in [5.41, 5.74) is 0. The fourth-order valence-corrected chi connectivity index (χ4v) is 0.752. The van der Waals surface area contributed by atoms with E-state index in [9.17, 15) is 4.39 Å². The third kappa shape index (κ3) is 2.24. The molecule has 0 aliphatic heterocycles. The maximum Gasteiger partial charge on any atom is 0.214 e. The van der Waals surface area contributed by atoms with E-state index in [1.165, 1.54) is 6.07 Å². The molecule has 0 amide bonds. The number of hydrogen-bond acceptors (Lipinski definition) is 2. The minimum absolute atomic E-state index is 0.140. The summed E-state index contributed by atoms with van der Waals surface area (Å²) < 4.78 is 12.5. The highest BCUT2D eigenvalue weighted by Crippen LogP contribution is 2.04. The van der Waals surface area contributed by atoms with Gasteiger partial charge in [0.2, 0.25) is 5.95 Å². The molecule has 1 heterocycles. The molecule has 2 nitrogen and oxygen atoms in total. The van der Waals surface area contributed by atoms with Crippen molar-refractivity contribution in [3.63, 3.8) is 0 Å². The van der Waals surface area contributed by atoms with Crippen LogP contribution in [0.4, 0.5) is 10.2 Å². The molecule has 0 spiro atoms. The maximum atomic E-state index is 12.5. The van der Waals surface area contributed by atoms with Crippen LogP contribution >= 0.6 is 0 Å². The highest BCUT2D eigenvalue weighted by molar-refractivity contribution is 5.36. The number of hydrogen-bond donors (Lipinski definition) is 1. The van der Waals surface area contributed by atoms with Crippen LogP contribution < -0.4 is 5.32 Å². The second kappa shape index (κ2) is 3.72. The Balaban J connectivity index is 2.71. The van der Waals surface area contributed by atoms with Crippen LogP contribution in [0.25, 0.3) is 0 Å². The van der Waals surface area contributed by atoms with E-state index in [1.807, 2.05) is 0 Å². The second-order valence-corrected chi connectivity index (χ2v) is 2.38.